The van der Waals surface area contributed by atoms with Crippen molar-refractivity contribution in [1.82, 2.24) is 9.88 Å². The van der Waals surface area contributed by atoms with Crippen molar-refractivity contribution in [2.75, 3.05) is 7.11 Å². The summed E-state index contributed by atoms with van der Waals surface area (Å²) in [6.45, 7) is 3.42. The highest BCUT2D eigenvalue weighted by atomic mass is 16.5. The number of aromatic nitrogens is 1. The van der Waals surface area contributed by atoms with E-state index >= 15 is 0 Å². The fraction of sp³-hybridized carbons (Fsp3) is 0.208. The van der Waals surface area contributed by atoms with Crippen molar-refractivity contribution in [3.8, 4) is 5.75 Å². The average molecular weight is 404 g/mol. The maximum absolute atomic E-state index is 12.3. The fourth-order valence-electron chi connectivity index (χ4n) is 3.72. The number of carboxylic acids is 1. The predicted octanol–water partition coefficient (Wildman–Crippen LogP) is 4.59. The zero-order valence-corrected chi connectivity index (χ0v) is 17.0. The Morgan fingerprint density at radius 2 is 1.93 bits per heavy atom. The minimum absolute atomic E-state index is 0.283. The zero-order chi connectivity index (χ0) is 21.1. The first-order chi connectivity index (χ1) is 14.6. The molecule has 0 atom stereocenters. The number of ether oxygens (including phenoxy) is 1. The molecule has 30 heavy (non-hydrogen) atoms. The molecule has 0 aliphatic carbocycles. The van der Waals surface area contributed by atoms with E-state index in [9.17, 15) is 9.90 Å². The molecule has 4 rings (SSSR count). The first-order valence-electron chi connectivity index (χ1n) is 9.78. The van der Waals surface area contributed by atoms with Crippen LogP contribution < -0.4 is 10.1 Å². The largest absolute Gasteiger partial charge is 0.497 e. The Bertz CT molecular complexity index is 1160. The average Bonchev–Trinajstić information content (AvgIpc) is 3.36. The van der Waals surface area contributed by atoms with Gasteiger partial charge in [0.05, 0.1) is 25.4 Å². The number of furan rings is 1. The van der Waals surface area contributed by atoms with Crippen LogP contribution in [0.25, 0.3) is 10.9 Å². The van der Waals surface area contributed by atoms with Crippen LogP contribution in [0.4, 0.5) is 0 Å². The molecule has 6 nitrogen and oxygen atoms in total. The standard InChI is InChI=1S/C24H24N2O4/c1-16-5-7-17(8-6-16)15-26-22-12-18(29-2)9-10-20(22)21(23(26)24(27)28)14-25-13-19-4-3-11-30-19/h3-12,25H,13-15H2,1-2H3,(H,27,28). The summed E-state index contributed by atoms with van der Waals surface area (Å²) in [6.07, 6.45) is 1.62. The number of benzene rings is 2. The second-order valence-electron chi connectivity index (χ2n) is 7.27. The van der Waals surface area contributed by atoms with Gasteiger partial charge in [0.2, 0.25) is 0 Å². The number of hydrogen-bond acceptors (Lipinski definition) is 4. The molecule has 2 heterocycles. The van der Waals surface area contributed by atoms with E-state index in [-0.39, 0.29) is 5.69 Å². The molecule has 0 unspecified atom stereocenters. The molecule has 0 radical (unpaired) electrons. The Kier molecular flexibility index (Phi) is 5.59. The normalized spacial score (nSPS) is 11.1. The van der Waals surface area contributed by atoms with Gasteiger partial charge in [0.15, 0.2) is 0 Å². The molecule has 0 spiro atoms. The van der Waals surface area contributed by atoms with Gasteiger partial charge in [-0.05, 0) is 36.8 Å². The number of hydrogen-bond donors (Lipinski definition) is 2. The SMILES string of the molecule is COc1ccc2c(CNCc3ccco3)c(C(=O)O)n(Cc3ccc(C)cc3)c2c1. The molecule has 0 fully saturated rings. The lowest BCUT2D eigenvalue weighted by atomic mass is 10.1. The van der Waals surface area contributed by atoms with Crippen LogP contribution in [0.1, 0.15) is 32.9 Å². The van der Waals surface area contributed by atoms with Gasteiger partial charge in [-0.15, -0.1) is 0 Å². The van der Waals surface area contributed by atoms with Gasteiger partial charge >= 0.3 is 5.97 Å². The Labute approximate surface area is 174 Å². The van der Waals surface area contributed by atoms with Crippen LogP contribution >= 0.6 is 0 Å². The van der Waals surface area contributed by atoms with Gasteiger partial charge in [0.1, 0.15) is 17.2 Å². The molecule has 0 bridgehead atoms. The number of methoxy groups -OCH3 is 1. The molecule has 0 amide bonds. The van der Waals surface area contributed by atoms with Gasteiger partial charge in [-0.3, -0.25) is 0 Å². The summed E-state index contributed by atoms with van der Waals surface area (Å²) in [6, 6.07) is 17.5. The molecule has 154 valence electrons. The second-order valence-corrected chi connectivity index (χ2v) is 7.27. The van der Waals surface area contributed by atoms with Gasteiger partial charge in [0, 0.05) is 30.1 Å². The lowest BCUT2D eigenvalue weighted by Crippen LogP contribution is -2.17. The third kappa shape index (κ3) is 3.95. The summed E-state index contributed by atoms with van der Waals surface area (Å²) < 4.78 is 12.6. The summed E-state index contributed by atoms with van der Waals surface area (Å²) in [5.74, 6) is 0.543. The number of rotatable bonds is 8. The van der Waals surface area contributed by atoms with Crippen LogP contribution in [0.3, 0.4) is 0 Å². The van der Waals surface area contributed by atoms with E-state index in [2.05, 4.69) is 5.32 Å². The molecule has 0 saturated carbocycles. The van der Waals surface area contributed by atoms with Crippen LogP contribution in [0, 0.1) is 6.92 Å². The van der Waals surface area contributed by atoms with Crippen LogP contribution in [-0.4, -0.2) is 22.8 Å². The van der Waals surface area contributed by atoms with E-state index in [1.807, 2.05) is 66.1 Å². The maximum Gasteiger partial charge on any atom is 0.352 e. The third-order valence-electron chi connectivity index (χ3n) is 5.22. The Hall–Kier alpha value is -3.51. The highest BCUT2D eigenvalue weighted by Crippen LogP contribution is 2.31. The van der Waals surface area contributed by atoms with Gasteiger partial charge < -0.3 is 24.1 Å². The van der Waals surface area contributed by atoms with Crippen LogP contribution in [0.15, 0.2) is 65.3 Å². The Morgan fingerprint density at radius 3 is 2.60 bits per heavy atom. The molecule has 2 aromatic heterocycles. The van der Waals surface area contributed by atoms with Crippen molar-refractivity contribution < 1.29 is 19.1 Å². The van der Waals surface area contributed by atoms with Gasteiger partial charge in [0.25, 0.3) is 0 Å². The number of carbonyl (C=O) groups is 1. The molecule has 0 saturated heterocycles. The summed E-state index contributed by atoms with van der Waals surface area (Å²) in [5.41, 5.74) is 4.07. The van der Waals surface area contributed by atoms with Crippen LogP contribution in [0.2, 0.25) is 0 Å². The van der Waals surface area contributed by atoms with Gasteiger partial charge in [-0.2, -0.15) is 0 Å². The summed E-state index contributed by atoms with van der Waals surface area (Å²) in [7, 11) is 1.61. The van der Waals surface area contributed by atoms with E-state index in [1.54, 1.807) is 13.4 Å². The molecular formula is C24H24N2O4. The van der Waals surface area contributed by atoms with E-state index in [0.717, 1.165) is 27.8 Å². The van der Waals surface area contributed by atoms with E-state index in [4.69, 9.17) is 9.15 Å². The first kappa shape index (κ1) is 19.8. The van der Waals surface area contributed by atoms with Crippen molar-refractivity contribution in [3.05, 3.63) is 89.0 Å². The molecule has 0 aliphatic rings. The minimum Gasteiger partial charge on any atom is -0.497 e. The van der Waals surface area contributed by atoms with Crippen molar-refractivity contribution in [2.45, 2.75) is 26.6 Å². The zero-order valence-electron chi connectivity index (χ0n) is 17.0. The monoisotopic (exact) mass is 404 g/mol. The van der Waals surface area contributed by atoms with E-state index in [1.165, 1.54) is 5.56 Å². The Balaban J connectivity index is 1.77. The number of fused-ring (bicyclic) bond motifs is 1. The smallest absolute Gasteiger partial charge is 0.352 e. The molecule has 4 aromatic rings. The third-order valence-corrected chi connectivity index (χ3v) is 5.22. The van der Waals surface area contributed by atoms with Crippen molar-refractivity contribution in [2.24, 2.45) is 0 Å². The summed E-state index contributed by atoms with van der Waals surface area (Å²) in [4.78, 5) is 12.3. The number of aromatic carboxylic acids is 1. The number of nitrogens with one attached hydrogen (secondary N) is 1. The molecule has 2 aromatic carbocycles. The van der Waals surface area contributed by atoms with Gasteiger partial charge in [-0.25, -0.2) is 4.79 Å². The number of nitrogens with zero attached hydrogens (tertiary/aromatic N) is 1. The highest BCUT2D eigenvalue weighted by molar-refractivity contribution is 5.98. The topological polar surface area (TPSA) is 76.6 Å². The summed E-state index contributed by atoms with van der Waals surface area (Å²) in [5, 5.41) is 14.3. The van der Waals surface area contributed by atoms with Gasteiger partial charge in [-0.1, -0.05) is 29.8 Å². The molecule has 0 aliphatic heterocycles. The summed E-state index contributed by atoms with van der Waals surface area (Å²) >= 11 is 0. The van der Waals surface area contributed by atoms with Crippen LogP contribution in [0.5, 0.6) is 5.75 Å². The van der Waals surface area contributed by atoms with E-state index in [0.29, 0.717) is 25.4 Å². The molecule has 2 N–H and O–H groups in total. The fourth-order valence-corrected chi connectivity index (χ4v) is 3.72. The van der Waals surface area contributed by atoms with Crippen LogP contribution in [-0.2, 0) is 19.6 Å². The van der Waals surface area contributed by atoms with Crippen molar-refractivity contribution >= 4 is 16.9 Å². The lowest BCUT2D eigenvalue weighted by molar-refractivity contribution is 0.0684. The quantitative estimate of drug-likeness (QED) is 0.449. The number of carboxylic acid groups (broad SMARTS) is 1. The number of aryl methyl sites for hydroxylation is 1. The minimum atomic E-state index is -0.952. The van der Waals surface area contributed by atoms with E-state index < -0.39 is 5.97 Å². The maximum atomic E-state index is 12.3. The lowest BCUT2D eigenvalue weighted by Gasteiger charge is -2.10. The molecular weight excluding hydrogens is 380 g/mol. The van der Waals surface area contributed by atoms with Crippen molar-refractivity contribution in [3.63, 3.8) is 0 Å². The predicted molar refractivity (Wildman–Crippen MR) is 115 cm³/mol. The molecule has 6 heteroatoms. The van der Waals surface area contributed by atoms with Crippen molar-refractivity contribution in [1.29, 1.82) is 0 Å². The second kappa shape index (κ2) is 8.47. The Morgan fingerprint density at radius 1 is 1.13 bits per heavy atom. The highest BCUT2D eigenvalue weighted by Gasteiger charge is 2.23. The first-order valence-corrected chi connectivity index (χ1v) is 9.78.